The summed E-state index contributed by atoms with van der Waals surface area (Å²) >= 11 is 1.27. The van der Waals surface area contributed by atoms with Crippen molar-refractivity contribution >= 4 is 28.6 Å². The van der Waals surface area contributed by atoms with Crippen molar-refractivity contribution in [2.45, 2.75) is 25.4 Å². The van der Waals surface area contributed by atoms with Crippen molar-refractivity contribution in [1.29, 1.82) is 0 Å². The van der Waals surface area contributed by atoms with Crippen LogP contribution in [0.25, 0.3) is 0 Å². The van der Waals surface area contributed by atoms with Crippen molar-refractivity contribution in [2.24, 2.45) is 0 Å². The van der Waals surface area contributed by atoms with E-state index in [1.165, 1.54) is 16.4 Å². The monoisotopic (exact) mass is 281 g/mol. The first-order valence-corrected chi connectivity index (χ1v) is 6.97. The molecule has 0 bridgehead atoms. The molecule has 1 atom stereocenters. The van der Waals surface area contributed by atoms with Crippen molar-refractivity contribution in [3.8, 4) is 0 Å². The number of rotatable bonds is 3. The molecule has 1 aromatic rings. The van der Waals surface area contributed by atoms with Crippen LogP contribution in [0.2, 0.25) is 0 Å². The van der Waals surface area contributed by atoms with Crippen LogP contribution < -0.4 is 4.90 Å². The molecular formula is C11H15N5O2S. The van der Waals surface area contributed by atoms with Gasteiger partial charge in [0.15, 0.2) is 5.82 Å². The summed E-state index contributed by atoms with van der Waals surface area (Å²) in [6, 6.07) is -0.451. The lowest BCUT2D eigenvalue weighted by molar-refractivity contribution is -0.128. The molecule has 2 fully saturated rings. The number of carbonyl (C=O) groups is 2. The second-order valence-electron chi connectivity index (χ2n) is 4.95. The standard InChI is InChI=1S/C11H15N5O2S/c1-14(2)10-12-8(13-19-10)6-16-9(17)7-4-3-5-15(7)11(16)18/h7H,3-6H2,1-2H3/t7-/m0/s1. The normalized spacial score (nSPS) is 22.3. The van der Waals surface area contributed by atoms with Gasteiger partial charge in [0.25, 0.3) is 5.91 Å². The van der Waals surface area contributed by atoms with Gasteiger partial charge >= 0.3 is 6.03 Å². The van der Waals surface area contributed by atoms with E-state index in [4.69, 9.17) is 0 Å². The number of imide groups is 1. The van der Waals surface area contributed by atoms with Gasteiger partial charge < -0.3 is 9.80 Å². The molecule has 0 saturated carbocycles. The molecule has 2 aliphatic rings. The van der Waals surface area contributed by atoms with Gasteiger partial charge in [-0.05, 0) is 12.8 Å². The fourth-order valence-electron chi connectivity index (χ4n) is 2.46. The van der Waals surface area contributed by atoms with Crippen molar-refractivity contribution in [3.63, 3.8) is 0 Å². The van der Waals surface area contributed by atoms with Crippen LogP contribution in [0, 0.1) is 0 Å². The number of fused-ring (bicyclic) bond motifs is 1. The highest BCUT2D eigenvalue weighted by atomic mass is 32.1. The zero-order valence-corrected chi connectivity index (χ0v) is 11.7. The van der Waals surface area contributed by atoms with E-state index in [-0.39, 0.29) is 24.5 Å². The van der Waals surface area contributed by atoms with Crippen LogP contribution in [0.1, 0.15) is 18.7 Å². The van der Waals surface area contributed by atoms with Crippen molar-refractivity contribution in [2.75, 3.05) is 25.5 Å². The van der Waals surface area contributed by atoms with E-state index >= 15 is 0 Å². The highest BCUT2D eigenvalue weighted by Crippen LogP contribution is 2.28. The molecule has 0 radical (unpaired) electrons. The lowest BCUT2D eigenvalue weighted by Gasteiger charge is -2.13. The Hall–Kier alpha value is -1.70. The molecule has 19 heavy (non-hydrogen) atoms. The Labute approximate surface area is 115 Å². The van der Waals surface area contributed by atoms with Gasteiger partial charge in [0.2, 0.25) is 5.13 Å². The lowest BCUT2D eigenvalue weighted by Crippen LogP contribution is -2.33. The second kappa shape index (κ2) is 4.44. The summed E-state index contributed by atoms with van der Waals surface area (Å²) in [6.07, 6.45) is 1.68. The summed E-state index contributed by atoms with van der Waals surface area (Å²) in [6.45, 7) is 0.855. The number of nitrogens with zero attached hydrogens (tertiary/aromatic N) is 5. The number of aromatic nitrogens is 2. The minimum absolute atomic E-state index is 0.108. The highest BCUT2D eigenvalue weighted by Gasteiger charge is 2.47. The summed E-state index contributed by atoms with van der Waals surface area (Å²) in [7, 11) is 3.76. The van der Waals surface area contributed by atoms with Crippen LogP contribution >= 0.6 is 11.5 Å². The average molecular weight is 281 g/mol. The predicted octanol–water partition coefficient (Wildman–Crippen LogP) is 0.531. The van der Waals surface area contributed by atoms with Crippen LogP contribution in [-0.4, -0.2) is 57.8 Å². The van der Waals surface area contributed by atoms with Gasteiger partial charge in [0.1, 0.15) is 6.04 Å². The molecule has 0 unspecified atom stereocenters. The molecule has 8 heteroatoms. The Morgan fingerprint density at radius 1 is 1.42 bits per heavy atom. The molecule has 2 aliphatic heterocycles. The third kappa shape index (κ3) is 1.95. The zero-order chi connectivity index (χ0) is 13.6. The van der Waals surface area contributed by atoms with Crippen LogP contribution in [0.3, 0.4) is 0 Å². The summed E-state index contributed by atoms with van der Waals surface area (Å²) in [5.41, 5.74) is 0. The summed E-state index contributed by atoms with van der Waals surface area (Å²) in [5, 5.41) is 0.773. The molecule has 3 rings (SSSR count). The number of carbonyl (C=O) groups excluding carboxylic acids is 2. The molecule has 7 nitrogen and oxygen atoms in total. The quantitative estimate of drug-likeness (QED) is 0.756. The Morgan fingerprint density at radius 3 is 2.84 bits per heavy atom. The number of hydrogen-bond acceptors (Lipinski definition) is 6. The minimum Gasteiger partial charge on any atom is -0.353 e. The largest absolute Gasteiger partial charge is 0.353 e. The van der Waals surface area contributed by atoms with E-state index in [2.05, 4.69) is 9.36 Å². The average Bonchev–Trinajstić information content (AvgIpc) is 3.06. The third-order valence-corrected chi connectivity index (χ3v) is 4.34. The van der Waals surface area contributed by atoms with E-state index in [1.807, 2.05) is 19.0 Å². The molecule has 102 valence electrons. The molecule has 3 amide bonds. The van der Waals surface area contributed by atoms with E-state index in [0.29, 0.717) is 12.4 Å². The first-order chi connectivity index (χ1) is 9.08. The Balaban J connectivity index is 1.76. The molecule has 2 saturated heterocycles. The molecule has 0 N–H and O–H groups in total. The molecule has 1 aromatic heterocycles. The topological polar surface area (TPSA) is 69.6 Å². The molecule has 0 spiro atoms. The third-order valence-electron chi connectivity index (χ3n) is 3.42. The Bertz CT molecular complexity index is 507. The number of hydrogen-bond donors (Lipinski definition) is 0. The fraction of sp³-hybridized carbons (Fsp3) is 0.636. The van der Waals surface area contributed by atoms with Gasteiger partial charge in [-0.25, -0.2) is 9.78 Å². The van der Waals surface area contributed by atoms with Gasteiger partial charge in [-0.2, -0.15) is 4.37 Å². The summed E-state index contributed by atoms with van der Waals surface area (Å²) < 4.78 is 4.19. The van der Waals surface area contributed by atoms with Gasteiger partial charge in [0.05, 0.1) is 6.54 Å². The number of amides is 3. The van der Waals surface area contributed by atoms with E-state index < -0.39 is 0 Å². The first-order valence-electron chi connectivity index (χ1n) is 6.20. The van der Waals surface area contributed by atoms with Crippen molar-refractivity contribution in [1.82, 2.24) is 19.2 Å². The zero-order valence-electron chi connectivity index (χ0n) is 10.9. The van der Waals surface area contributed by atoms with Crippen molar-refractivity contribution in [3.05, 3.63) is 5.82 Å². The predicted molar refractivity (Wildman–Crippen MR) is 69.9 cm³/mol. The molecule has 3 heterocycles. The minimum atomic E-state index is -0.251. The maximum Gasteiger partial charge on any atom is 0.327 e. The Kier molecular flexibility index (Phi) is 2.89. The van der Waals surface area contributed by atoms with Crippen molar-refractivity contribution < 1.29 is 9.59 Å². The second-order valence-corrected chi connectivity index (χ2v) is 5.68. The molecule has 0 aliphatic carbocycles. The maximum absolute atomic E-state index is 12.1. The smallest absolute Gasteiger partial charge is 0.327 e. The van der Waals surface area contributed by atoms with Gasteiger partial charge in [-0.1, -0.05) is 0 Å². The Morgan fingerprint density at radius 2 is 2.21 bits per heavy atom. The van der Waals surface area contributed by atoms with Crippen LogP contribution in [0.5, 0.6) is 0 Å². The number of anilines is 1. The summed E-state index contributed by atoms with van der Waals surface area (Å²) in [5.74, 6) is 0.417. The van der Waals surface area contributed by atoms with Crippen LogP contribution in [0.4, 0.5) is 9.93 Å². The molecule has 0 aromatic carbocycles. The fourth-order valence-corrected chi connectivity index (χ4v) is 3.05. The van der Waals surface area contributed by atoms with E-state index in [9.17, 15) is 9.59 Å². The van der Waals surface area contributed by atoms with Gasteiger partial charge in [0, 0.05) is 32.2 Å². The summed E-state index contributed by atoms with van der Waals surface area (Å²) in [4.78, 5) is 33.3. The SMILES string of the molecule is CN(C)c1nc(CN2C(=O)[C@@H]3CCCN3C2=O)ns1. The lowest BCUT2D eigenvalue weighted by atomic mass is 10.2. The van der Waals surface area contributed by atoms with Crippen LogP contribution in [-0.2, 0) is 11.3 Å². The molecular weight excluding hydrogens is 266 g/mol. The van der Waals surface area contributed by atoms with Gasteiger partial charge in [-0.3, -0.25) is 9.69 Å². The van der Waals surface area contributed by atoms with Gasteiger partial charge in [-0.15, -0.1) is 0 Å². The van der Waals surface area contributed by atoms with E-state index in [0.717, 1.165) is 18.0 Å². The highest BCUT2D eigenvalue weighted by molar-refractivity contribution is 7.09. The van der Waals surface area contributed by atoms with Crippen LogP contribution in [0.15, 0.2) is 0 Å². The maximum atomic E-state index is 12.1. The number of urea groups is 1. The van der Waals surface area contributed by atoms with E-state index in [1.54, 1.807) is 4.90 Å². The first kappa shape index (κ1) is 12.3.